The number of aliphatic hydroxyl groups is 1. The highest BCUT2D eigenvalue weighted by atomic mass is 16.5. The Morgan fingerprint density at radius 3 is 2.25 bits per heavy atom. The minimum Gasteiger partial charge on any atom is -0.508 e. The lowest BCUT2D eigenvalue weighted by atomic mass is 9.89. The van der Waals surface area contributed by atoms with Gasteiger partial charge in [-0.25, -0.2) is 0 Å². The Hall–Kier alpha value is -3.06. The van der Waals surface area contributed by atoms with Crippen molar-refractivity contribution in [3.05, 3.63) is 52.6 Å². The number of carbonyl (C=O) groups is 2. The predicted molar refractivity (Wildman–Crippen MR) is 104 cm³/mol. The standard InChI is InChI=1S/C21H25NO6/c1-4-15-16(11-19(26)22(2)9-10-23)20(18(25)12-17(15)24)21(27)13-5-7-14(28-3)8-6-13/h5-8,12,23-25H,4,9-11H2,1-3H3. The number of amides is 1. The van der Waals surface area contributed by atoms with E-state index < -0.39 is 5.78 Å². The number of ether oxygens (including phenoxy) is 1. The van der Waals surface area contributed by atoms with Crippen LogP contribution in [0.15, 0.2) is 30.3 Å². The molecule has 150 valence electrons. The number of phenols is 2. The van der Waals surface area contributed by atoms with Gasteiger partial charge in [0.2, 0.25) is 5.91 Å². The summed E-state index contributed by atoms with van der Waals surface area (Å²) in [6.07, 6.45) is 0.195. The monoisotopic (exact) mass is 387 g/mol. The van der Waals surface area contributed by atoms with Crippen LogP contribution >= 0.6 is 0 Å². The Bertz CT molecular complexity index is 860. The first-order valence-electron chi connectivity index (χ1n) is 8.94. The summed E-state index contributed by atoms with van der Waals surface area (Å²) in [4.78, 5) is 26.9. The van der Waals surface area contributed by atoms with E-state index in [9.17, 15) is 19.8 Å². The Kier molecular flexibility index (Phi) is 7.00. The van der Waals surface area contributed by atoms with Crippen LogP contribution in [0, 0.1) is 0 Å². The lowest BCUT2D eigenvalue weighted by Crippen LogP contribution is -2.31. The zero-order valence-electron chi connectivity index (χ0n) is 16.2. The number of aliphatic hydroxyl groups excluding tert-OH is 1. The van der Waals surface area contributed by atoms with E-state index in [1.165, 1.54) is 19.1 Å². The van der Waals surface area contributed by atoms with Gasteiger partial charge in [-0.1, -0.05) is 6.92 Å². The minimum atomic E-state index is -0.456. The van der Waals surface area contributed by atoms with Crippen molar-refractivity contribution >= 4 is 11.7 Å². The van der Waals surface area contributed by atoms with E-state index in [0.717, 1.165) is 6.07 Å². The number of benzene rings is 2. The molecule has 3 N–H and O–H groups in total. The summed E-state index contributed by atoms with van der Waals surface area (Å²) in [6.45, 7) is 1.75. The van der Waals surface area contributed by atoms with E-state index >= 15 is 0 Å². The third-order valence-electron chi connectivity index (χ3n) is 4.63. The second kappa shape index (κ2) is 9.23. The van der Waals surface area contributed by atoms with Crippen LogP contribution in [0.3, 0.4) is 0 Å². The maximum atomic E-state index is 13.1. The van der Waals surface area contributed by atoms with E-state index in [2.05, 4.69) is 0 Å². The van der Waals surface area contributed by atoms with Gasteiger partial charge in [0.15, 0.2) is 5.78 Å². The van der Waals surface area contributed by atoms with E-state index in [1.807, 2.05) is 0 Å². The minimum absolute atomic E-state index is 0.00874. The summed E-state index contributed by atoms with van der Waals surface area (Å²) in [6, 6.07) is 7.53. The first-order valence-corrected chi connectivity index (χ1v) is 8.94. The average Bonchev–Trinajstić information content (AvgIpc) is 2.68. The molecule has 0 spiro atoms. The predicted octanol–water partition coefficient (Wildman–Crippen LogP) is 1.89. The lowest BCUT2D eigenvalue weighted by molar-refractivity contribution is -0.129. The molecule has 1 amide bonds. The lowest BCUT2D eigenvalue weighted by Gasteiger charge is -2.20. The smallest absolute Gasteiger partial charge is 0.226 e. The molecule has 0 atom stereocenters. The van der Waals surface area contributed by atoms with Gasteiger partial charge >= 0.3 is 0 Å². The van der Waals surface area contributed by atoms with Crippen molar-refractivity contribution in [1.82, 2.24) is 4.90 Å². The van der Waals surface area contributed by atoms with E-state index in [1.54, 1.807) is 31.2 Å². The highest BCUT2D eigenvalue weighted by Crippen LogP contribution is 2.35. The van der Waals surface area contributed by atoms with Crippen molar-refractivity contribution < 1.29 is 29.6 Å². The van der Waals surface area contributed by atoms with Crippen LogP contribution in [0.4, 0.5) is 0 Å². The second-order valence-electron chi connectivity index (χ2n) is 6.37. The van der Waals surface area contributed by atoms with Gasteiger partial charge < -0.3 is 25.0 Å². The highest BCUT2D eigenvalue weighted by molar-refractivity contribution is 6.12. The fourth-order valence-electron chi connectivity index (χ4n) is 3.04. The van der Waals surface area contributed by atoms with E-state index in [-0.39, 0.29) is 48.1 Å². The van der Waals surface area contributed by atoms with Crippen LogP contribution in [0.25, 0.3) is 0 Å². The van der Waals surface area contributed by atoms with Crippen molar-refractivity contribution in [2.45, 2.75) is 19.8 Å². The third kappa shape index (κ3) is 4.43. The molecule has 0 radical (unpaired) electrons. The van der Waals surface area contributed by atoms with Crippen LogP contribution in [0.1, 0.15) is 34.0 Å². The molecule has 28 heavy (non-hydrogen) atoms. The van der Waals surface area contributed by atoms with Gasteiger partial charge in [-0.2, -0.15) is 0 Å². The number of nitrogens with zero attached hydrogens (tertiary/aromatic N) is 1. The summed E-state index contributed by atoms with van der Waals surface area (Å²) in [5.74, 6) is -0.760. The zero-order chi connectivity index (χ0) is 20.8. The number of likely N-dealkylation sites (N-methyl/N-ethyl adjacent to an activating group) is 1. The molecule has 0 aliphatic rings. The van der Waals surface area contributed by atoms with Gasteiger partial charge in [-0.15, -0.1) is 0 Å². The number of rotatable bonds is 8. The summed E-state index contributed by atoms with van der Waals surface area (Å²) >= 11 is 0. The largest absolute Gasteiger partial charge is 0.508 e. The SMILES string of the molecule is CCc1c(O)cc(O)c(C(=O)c2ccc(OC)cc2)c1CC(=O)N(C)CCO. The molecule has 7 nitrogen and oxygen atoms in total. The molecule has 7 heteroatoms. The van der Waals surface area contributed by atoms with Crippen LogP contribution in [0.5, 0.6) is 17.2 Å². The molecular formula is C21H25NO6. The van der Waals surface area contributed by atoms with Crippen LogP contribution in [-0.4, -0.2) is 59.2 Å². The summed E-state index contributed by atoms with van der Waals surface area (Å²) in [7, 11) is 3.06. The highest BCUT2D eigenvalue weighted by Gasteiger charge is 2.25. The van der Waals surface area contributed by atoms with Gasteiger partial charge in [0.05, 0.1) is 25.7 Å². The molecule has 0 heterocycles. The molecule has 2 aromatic rings. The number of ketones is 1. The number of hydrogen-bond donors (Lipinski definition) is 3. The van der Waals surface area contributed by atoms with Crippen molar-refractivity contribution in [2.75, 3.05) is 27.3 Å². The number of carbonyl (C=O) groups excluding carboxylic acids is 2. The number of phenolic OH excluding ortho intramolecular Hbond substituents is 2. The maximum Gasteiger partial charge on any atom is 0.226 e. The number of hydrogen-bond acceptors (Lipinski definition) is 6. The summed E-state index contributed by atoms with van der Waals surface area (Å²) in [5, 5.41) is 29.7. The van der Waals surface area contributed by atoms with Crippen LogP contribution < -0.4 is 4.74 Å². The third-order valence-corrected chi connectivity index (χ3v) is 4.63. The van der Waals surface area contributed by atoms with Crippen LogP contribution in [0.2, 0.25) is 0 Å². The van der Waals surface area contributed by atoms with Crippen molar-refractivity contribution in [2.24, 2.45) is 0 Å². The molecule has 0 aliphatic carbocycles. The molecule has 0 fully saturated rings. The topological polar surface area (TPSA) is 107 Å². The van der Waals surface area contributed by atoms with Gasteiger partial charge in [-0.05, 0) is 41.8 Å². The number of aromatic hydroxyl groups is 2. The van der Waals surface area contributed by atoms with Gasteiger partial charge in [0, 0.05) is 25.2 Å². The van der Waals surface area contributed by atoms with Gasteiger partial charge in [0.1, 0.15) is 17.2 Å². The second-order valence-corrected chi connectivity index (χ2v) is 6.37. The first-order chi connectivity index (χ1) is 13.3. The van der Waals surface area contributed by atoms with Crippen molar-refractivity contribution in [3.8, 4) is 17.2 Å². The summed E-state index contributed by atoms with van der Waals surface area (Å²) < 4.78 is 5.09. The van der Waals surface area contributed by atoms with Gasteiger partial charge in [0.25, 0.3) is 0 Å². The Morgan fingerprint density at radius 2 is 1.71 bits per heavy atom. The molecule has 0 aromatic heterocycles. The van der Waals surface area contributed by atoms with Gasteiger partial charge in [-0.3, -0.25) is 9.59 Å². The maximum absolute atomic E-state index is 13.1. The fraction of sp³-hybridized carbons (Fsp3) is 0.333. The van der Waals surface area contributed by atoms with Crippen molar-refractivity contribution in [1.29, 1.82) is 0 Å². The molecule has 0 saturated heterocycles. The molecule has 0 saturated carbocycles. The molecule has 2 rings (SSSR count). The quantitative estimate of drug-likeness (QED) is 0.597. The van der Waals surface area contributed by atoms with Crippen LogP contribution in [-0.2, 0) is 17.6 Å². The Labute approximate surface area is 163 Å². The summed E-state index contributed by atoms with van der Waals surface area (Å²) in [5.41, 5.74) is 1.03. The molecular weight excluding hydrogens is 362 g/mol. The molecule has 0 bridgehead atoms. The Morgan fingerprint density at radius 1 is 1.07 bits per heavy atom. The first kappa shape index (κ1) is 21.2. The van der Waals surface area contributed by atoms with E-state index in [4.69, 9.17) is 9.84 Å². The normalized spacial score (nSPS) is 10.6. The number of methoxy groups -OCH3 is 1. The zero-order valence-corrected chi connectivity index (χ0v) is 16.2. The Balaban J connectivity index is 2.55. The molecule has 0 aliphatic heterocycles. The fourth-order valence-corrected chi connectivity index (χ4v) is 3.04. The van der Waals surface area contributed by atoms with Crippen molar-refractivity contribution in [3.63, 3.8) is 0 Å². The molecule has 0 unspecified atom stereocenters. The average molecular weight is 387 g/mol. The van der Waals surface area contributed by atoms with E-state index in [0.29, 0.717) is 23.3 Å². The molecule has 2 aromatic carbocycles.